The SMILES string of the molecule is COCCOc1cccc2[nH]c(C(=O)O)nc12. The predicted octanol–water partition coefficient (Wildman–Crippen LogP) is 1.29. The fourth-order valence-electron chi connectivity index (χ4n) is 1.46. The summed E-state index contributed by atoms with van der Waals surface area (Å²) < 4.78 is 10.3. The maximum absolute atomic E-state index is 10.8. The van der Waals surface area contributed by atoms with E-state index in [9.17, 15) is 4.79 Å². The van der Waals surface area contributed by atoms with Gasteiger partial charge in [-0.05, 0) is 12.1 Å². The number of fused-ring (bicyclic) bond motifs is 1. The molecule has 0 radical (unpaired) electrons. The van der Waals surface area contributed by atoms with Gasteiger partial charge in [-0.3, -0.25) is 0 Å². The number of benzene rings is 1. The highest BCUT2D eigenvalue weighted by Gasteiger charge is 2.12. The van der Waals surface area contributed by atoms with Crippen LogP contribution in [0.15, 0.2) is 18.2 Å². The third-order valence-electron chi connectivity index (χ3n) is 2.22. The number of H-pyrrole nitrogens is 1. The minimum Gasteiger partial charge on any atom is -0.489 e. The molecule has 2 N–H and O–H groups in total. The highest BCUT2D eigenvalue weighted by atomic mass is 16.5. The van der Waals surface area contributed by atoms with E-state index in [-0.39, 0.29) is 5.82 Å². The van der Waals surface area contributed by atoms with E-state index in [1.165, 1.54) is 0 Å². The third-order valence-corrected chi connectivity index (χ3v) is 2.22. The summed E-state index contributed by atoms with van der Waals surface area (Å²) in [6.45, 7) is 0.859. The number of nitrogens with one attached hydrogen (secondary N) is 1. The van der Waals surface area contributed by atoms with Crippen LogP contribution >= 0.6 is 0 Å². The molecule has 90 valence electrons. The van der Waals surface area contributed by atoms with E-state index in [0.29, 0.717) is 30.0 Å². The second kappa shape index (κ2) is 4.84. The number of aromatic amines is 1. The number of para-hydroxylation sites is 1. The molecule has 0 aliphatic rings. The molecular formula is C11H12N2O4. The number of aromatic nitrogens is 2. The van der Waals surface area contributed by atoms with Gasteiger partial charge < -0.3 is 19.6 Å². The van der Waals surface area contributed by atoms with Crippen LogP contribution in [0.3, 0.4) is 0 Å². The van der Waals surface area contributed by atoms with Crippen molar-refractivity contribution in [3.8, 4) is 5.75 Å². The Morgan fingerprint density at radius 3 is 3.00 bits per heavy atom. The first-order valence-corrected chi connectivity index (χ1v) is 5.06. The summed E-state index contributed by atoms with van der Waals surface area (Å²) in [6.07, 6.45) is 0. The van der Waals surface area contributed by atoms with E-state index < -0.39 is 5.97 Å². The van der Waals surface area contributed by atoms with E-state index >= 15 is 0 Å². The number of ether oxygens (including phenoxy) is 2. The smallest absolute Gasteiger partial charge is 0.371 e. The molecule has 17 heavy (non-hydrogen) atoms. The molecule has 2 rings (SSSR count). The minimum absolute atomic E-state index is 0.0946. The zero-order valence-corrected chi connectivity index (χ0v) is 9.27. The largest absolute Gasteiger partial charge is 0.489 e. The monoisotopic (exact) mass is 236 g/mol. The Balaban J connectivity index is 2.32. The van der Waals surface area contributed by atoms with Crippen LogP contribution in [-0.2, 0) is 4.74 Å². The van der Waals surface area contributed by atoms with Crippen LogP contribution in [0.5, 0.6) is 5.75 Å². The van der Waals surface area contributed by atoms with Gasteiger partial charge in [0.2, 0.25) is 5.82 Å². The van der Waals surface area contributed by atoms with Gasteiger partial charge in [0.1, 0.15) is 17.9 Å². The van der Waals surface area contributed by atoms with Crippen molar-refractivity contribution in [2.75, 3.05) is 20.3 Å². The van der Waals surface area contributed by atoms with Crippen LogP contribution < -0.4 is 4.74 Å². The van der Waals surface area contributed by atoms with Crippen LogP contribution in [0.1, 0.15) is 10.6 Å². The van der Waals surface area contributed by atoms with E-state index in [0.717, 1.165) is 0 Å². The predicted molar refractivity (Wildman–Crippen MR) is 60.4 cm³/mol. The zero-order valence-electron chi connectivity index (χ0n) is 9.27. The average molecular weight is 236 g/mol. The molecule has 0 saturated carbocycles. The molecule has 0 aliphatic carbocycles. The summed E-state index contributed by atoms with van der Waals surface area (Å²) in [5, 5.41) is 8.84. The summed E-state index contributed by atoms with van der Waals surface area (Å²) in [5.74, 6) is -0.643. The number of hydrogen-bond acceptors (Lipinski definition) is 4. The number of carbonyl (C=O) groups is 1. The quantitative estimate of drug-likeness (QED) is 0.764. The zero-order chi connectivity index (χ0) is 12.3. The maximum Gasteiger partial charge on any atom is 0.371 e. The van der Waals surface area contributed by atoms with Gasteiger partial charge in [-0.15, -0.1) is 0 Å². The van der Waals surface area contributed by atoms with Crippen LogP contribution in [-0.4, -0.2) is 41.4 Å². The van der Waals surface area contributed by atoms with Gasteiger partial charge in [0, 0.05) is 7.11 Å². The topological polar surface area (TPSA) is 84.4 Å². The van der Waals surface area contributed by atoms with Gasteiger partial charge in [0.05, 0.1) is 12.1 Å². The molecule has 0 atom stereocenters. The van der Waals surface area contributed by atoms with Gasteiger partial charge >= 0.3 is 5.97 Å². The maximum atomic E-state index is 10.8. The number of carboxylic acid groups (broad SMARTS) is 1. The molecule has 0 spiro atoms. The molecule has 0 saturated heterocycles. The van der Waals surface area contributed by atoms with Crippen molar-refractivity contribution in [3.63, 3.8) is 0 Å². The first-order chi connectivity index (χ1) is 8.22. The molecule has 0 amide bonds. The first kappa shape index (κ1) is 11.4. The van der Waals surface area contributed by atoms with Gasteiger partial charge in [-0.2, -0.15) is 0 Å². The third kappa shape index (κ3) is 2.36. The Kier molecular flexibility index (Phi) is 3.24. The van der Waals surface area contributed by atoms with E-state index in [1.807, 2.05) is 0 Å². The molecule has 1 heterocycles. The van der Waals surface area contributed by atoms with Crippen molar-refractivity contribution in [3.05, 3.63) is 24.0 Å². The lowest BCUT2D eigenvalue weighted by Crippen LogP contribution is -2.04. The molecule has 2 aromatic rings. The van der Waals surface area contributed by atoms with Crippen molar-refractivity contribution >= 4 is 17.0 Å². The summed E-state index contributed by atoms with van der Waals surface area (Å²) >= 11 is 0. The molecule has 1 aromatic carbocycles. The standard InChI is InChI=1S/C11H12N2O4/c1-16-5-6-17-8-4-2-3-7-9(8)13-10(12-7)11(14)15/h2-4H,5-6H2,1H3,(H,12,13)(H,14,15). The van der Waals surface area contributed by atoms with Crippen molar-refractivity contribution < 1.29 is 19.4 Å². The van der Waals surface area contributed by atoms with Crippen LogP contribution in [0.4, 0.5) is 0 Å². The Hall–Kier alpha value is -2.08. The number of aromatic carboxylic acids is 1. The Bertz CT molecular complexity index is 535. The van der Waals surface area contributed by atoms with Crippen molar-refractivity contribution in [1.82, 2.24) is 9.97 Å². The van der Waals surface area contributed by atoms with Crippen molar-refractivity contribution in [1.29, 1.82) is 0 Å². The van der Waals surface area contributed by atoms with Crippen LogP contribution in [0, 0.1) is 0 Å². The van der Waals surface area contributed by atoms with Crippen LogP contribution in [0.25, 0.3) is 11.0 Å². The van der Waals surface area contributed by atoms with E-state index in [2.05, 4.69) is 9.97 Å². The second-order valence-electron chi connectivity index (χ2n) is 3.38. The molecular weight excluding hydrogens is 224 g/mol. The lowest BCUT2D eigenvalue weighted by atomic mass is 10.3. The summed E-state index contributed by atoms with van der Waals surface area (Å²) in [7, 11) is 1.58. The summed E-state index contributed by atoms with van der Waals surface area (Å²) in [5.41, 5.74) is 1.15. The van der Waals surface area contributed by atoms with Gasteiger partial charge in [-0.25, -0.2) is 9.78 Å². The van der Waals surface area contributed by atoms with Crippen molar-refractivity contribution in [2.24, 2.45) is 0 Å². The lowest BCUT2D eigenvalue weighted by Gasteiger charge is -2.05. The lowest BCUT2D eigenvalue weighted by molar-refractivity contribution is 0.0685. The number of imidazole rings is 1. The normalized spacial score (nSPS) is 10.6. The fraction of sp³-hybridized carbons (Fsp3) is 0.273. The van der Waals surface area contributed by atoms with Crippen LogP contribution in [0.2, 0.25) is 0 Å². The molecule has 6 nitrogen and oxygen atoms in total. The Morgan fingerprint density at radius 1 is 1.47 bits per heavy atom. The molecule has 0 unspecified atom stereocenters. The van der Waals surface area contributed by atoms with Gasteiger partial charge in [0.25, 0.3) is 0 Å². The van der Waals surface area contributed by atoms with Gasteiger partial charge in [-0.1, -0.05) is 6.07 Å². The first-order valence-electron chi connectivity index (χ1n) is 5.06. The Morgan fingerprint density at radius 2 is 2.29 bits per heavy atom. The number of rotatable bonds is 5. The summed E-state index contributed by atoms with van der Waals surface area (Å²) in [4.78, 5) is 17.5. The summed E-state index contributed by atoms with van der Waals surface area (Å²) in [6, 6.07) is 5.26. The number of methoxy groups -OCH3 is 1. The molecule has 6 heteroatoms. The highest BCUT2D eigenvalue weighted by molar-refractivity contribution is 5.91. The minimum atomic E-state index is -1.09. The Labute approximate surface area is 97.2 Å². The second-order valence-corrected chi connectivity index (χ2v) is 3.38. The highest BCUT2D eigenvalue weighted by Crippen LogP contribution is 2.23. The molecule has 0 aliphatic heterocycles. The van der Waals surface area contributed by atoms with E-state index in [1.54, 1.807) is 25.3 Å². The number of carboxylic acids is 1. The number of hydrogen-bond donors (Lipinski definition) is 2. The molecule has 0 fully saturated rings. The molecule has 0 bridgehead atoms. The average Bonchev–Trinajstić information content (AvgIpc) is 2.74. The fourth-order valence-corrected chi connectivity index (χ4v) is 1.46. The van der Waals surface area contributed by atoms with Crippen molar-refractivity contribution in [2.45, 2.75) is 0 Å². The van der Waals surface area contributed by atoms with Gasteiger partial charge in [0.15, 0.2) is 0 Å². The molecule has 1 aromatic heterocycles. The van der Waals surface area contributed by atoms with E-state index in [4.69, 9.17) is 14.6 Å². The number of nitrogens with zero attached hydrogens (tertiary/aromatic N) is 1.